The number of carboxylic acids is 1. The molecule has 0 bridgehead atoms. The fourth-order valence-corrected chi connectivity index (χ4v) is 2.14. The second kappa shape index (κ2) is 5.23. The van der Waals surface area contributed by atoms with Crippen molar-refractivity contribution in [3.8, 4) is 11.1 Å². The molecule has 0 heterocycles. The van der Waals surface area contributed by atoms with Crippen LogP contribution in [0.25, 0.3) is 11.1 Å². The van der Waals surface area contributed by atoms with Crippen LogP contribution in [0.15, 0.2) is 47.4 Å². The zero-order chi connectivity index (χ0) is 13.1. The van der Waals surface area contributed by atoms with Gasteiger partial charge in [0.2, 0.25) is 0 Å². The van der Waals surface area contributed by atoms with Crippen molar-refractivity contribution in [1.29, 1.82) is 0 Å². The maximum atomic E-state index is 13.4. The molecule has 0 aromatic heterocycles. The van der Waals surface area contributed by atoms with E-state index >= 15 is 0 Å². The number of hydrogen-bond acceptors (Lipinski definition) is 2. The van der Waals surface area contributed by atoms with Crippen molar-refractivity contribution in [3.63, 3.8) is 0 Å². The van der Waals surface area contributed by atoms with E-state index in [1.807, 2.05) is 30.5 Å². The van der Waals surface area contributed by atoms with E-state index in [2.05, 4.69) is 0 Å². The van der Waals surface area contributed by atoms with Crippen LogP contribution in [0.4, 0.5) is 4.39 Å². The average Bonchev–Trinajstić information content (AvgIpc) is 2.38. The first kappa shape index (κ1) is 12.6. The summed E-state index contributed by atoms with van der Waals surface area (Å²) in [6, 6.07) is 11.4. The van der Waals surface area contributed by atoms with Crippen molar-refractivity contribution in [1.82, 2.24) is 0 Å². The standard InChI is InChI=1S/C14H11FO2S/c1-18-13-4-2-3-9(8-13)10-5-11(14(16)17)7-12(15)6-10/h2-8H,1H3,(H,16,17). The van der Waals surface area contributed by atoms with Crippen molar-refractivity contribution in [2.75, 3.05) is 6.26 Å². The lowest BCUT2D eigenvalue weighted by atomic mass is 10.0. The third-order valence-electron chi connectivity index (χ3n) is 2.55. The normalized spacial score (nSPS) is 10.3. The van der Waals surface area contributed by atoms with E-state index in [1.54, 1.807) is 11.8 Å². The summed E-state index contributed by atoms with van der Waals surface area (Å²) in [6.07, 6.45) is 1.95. The largest absolute Gasteiger partial charge is 0.478 e. The van der Waals surface area contributed by atoms with E-state index in [9.17, 15) is 9.18 Å². The molecule has 92 valence electrons. The van der Waals surface area contributed by atoms with Gasteiger partial charge in [-0.3, -0.25) is 0 Å². The van der Waals surface area contributed by atoms with Crippen LogP contribution in [0, 0.1) is 5.82 Å². The van der Waals surface area contributed by atoms with E-state index in [4.69, 9.17) is 5.11 Å². The van der Waals surface area contributed by atoms with Gasteiger partial charge in [-0.2, -0.15) is 0 Å². The Balaban J connectivity index is 2.52. The molecule has 0 aliphatic carbocycles. The van der Waals surface area contributed by atoms with Gasteiger partial charge in [0.05, 0.1) is 5.56 Å². The van der Waals surface area contributed by atoms with Crippen molar-refractivity contribution in [2.24, 2.45) is 0 Å². The van der Waals surface area contributed by atoms with Gasteiger partial charge in [-0.25, -0.2) is 9.18 Å². The molecule has 0 spiro atoms. The van der Waals surface area contributed by atoms with Gasteiger partial charge in [-0.05, 0) is 47.7 Å². The highest BCUT2D eigenvalue weighted by molar-refractivity contribution is 7.98. The second-order valence-electron chi connectivity index (χ2n) is 3.77. The molecule has 0 aliphatic heterocycles. The van der Waals surface area contributed by atoms with Crippen LogP contribution < -0.4 is 0 Å². The number of aromatic carboxylic acids is 1. The Labute approximate surface area is 108 Å². The molecule has 0 saturated heterocycles. The molecule has 0 atom stereocenters. The van der Waals surface area contributed by atoms with E-state index in [0.29, 0.717) is 5.56 Å². The molecule has 2 aromatic carbocycles. The fraction of sp³-hybridized carbons (Fsp3) is 0.0714. The highest BCUT2D eigenvalue weighted by atomic mass is 32.2. The Hall–Kier alpha value is -1.81. The zero-order valence-corrected chi connectivity index (χ0v) is 10.5. The summed E-state index contributed by atoms with van der Waals surface area (Å²) < 4.78 is 13.4. The van der Waals surface area contributed by atoms with Crippen LogP contribution in [-0.2, 0) is 0 Å². The number of carbonyl (C=O) groups is 1. The lowest BCUT2D eigenvalue weighted by Crippen LogP contribution is -1.97. The molecule has 2 aromatic rings. The van der Waals surface area contributed by atoms with E-state index in [-0.39, 0.29) is 5.56 Å². The van der Waals surface area contributed by atoms with E-state index in [1.165, 1.54) is 12.1 Å². The molecule has 0 radical (unpaired) electrons. The molecule has 18 heavy (non-hydrogen) atoms. The number of hydrogen-bond donors (Lipinski definition) is 1. The van der Waals surface area contributed by atoms with E-state index < -0.39 is 11.8 Å². The summed E-state index contributed by atoms with van der Waals surface area (Å²) in [5, 5.41) is 8.91. The summed E-state index contributed by atoms with van der Waals surface area (Å²) in [5.74, 6) is -1.67. The lowest BCUT2D eigenvalue weighted by molar-refractivity contribution is 0.0696. The summed E-state index contributed by atoms with van der Waals surface area (Å²) in [6.45, 7) is 0. The highest BCUT2D eigenvalue weighted by Gasteiger charge is 2.08. The lowest BCUT2D eigenvalue weighted by Gasteiger charge is -2.05. The summed E-state index contributed by atoms with van der Waals surface area (Å²) in [7, 11) is 0. The first-order chi connectivity index (χ1) is 8.60. The minimum atomic E-state index is -1.13. The molecule has 2 nitrogen and oxygen atoms in total. The number of benzene rings is 2. The number of thioether (sulfide) groups is 1. The maximum Gasteiger partial charge on any atom is 0.335 e. The third-order valence-corrected chi connectivity index (χ3v) is 3.27. The van der Waals surface area contributed by atoms with Gasteiger partial charge < -0.3 is 5.11 Å². The second-order valence-corrected chi connectivity index (χ2v) is 4.65. The van der Waals surface area contributed by atoms with Crippen LogP contribution in [0.5, 0.6) is 0 Å². The van der Waals surface area contributed by atoms with Gasteiger partial charge >= 0.3 is 5.97 Å². The van der Waals surface area contributed by atoms with Gasteiger partial charge in [0, 0.05) is 4.90 Å². The minimum Gasteiger partial charge on any atom is -0.478 e. The maximum absolute atomic E-state index is 13.4. The number of halogens is 1. The number of rotatable bonds is 3. The van der Waals surface area contributed by atoms with Crippen molar-refractivity contribution < 1.29 is 14.3 Å². The Kier molecular flexibility index (Phi) is 3.67. The molecule has 2 rings (SSSR count). The SMILES string of the molecule is CSc1cccc(-c2cc(F)cc(C(=O)O)c2)c1. The fourth-order valence-electron chi connectivity index (χ4n) is 1.68. The topological polar surface area (TPSA) is 37.3 Å². The van der Waals surface area contributed by atoms with Gasteiger partial charge in [0.1, 0.15) is 5.82 Å². The molecule has 0 fully saturated rings. The smallest absolute Gasteiger partial charge is 0.335 e. The van der Waals surface area contributed by atoms with Crippen LogP contribution in [0.1, 0.15) is 10.4 Å². The number of carboxylic acid groups (broad SMARTS) is 1. The van der Waals surface area contributed by atoms with Crippen molar-refractivity contribution >= 4 is 17.7 Å². The molecule has 0 amide bonds. The minimum absolute atomic E-state index is 0.0421. The Bertz CT molecular complexity index is 596. The summed E-state index contributed by atoms with van der Waals surface area (Å²) >= 11 is 1.58. The predicted molar refractivity (Wildman–Crippen MR) is 70.6 cm³/mol. The molecular weight excluding hydrogens is 251 g/mol. The van der Waals surface area contributed by atoms with Crippen LogP contribution in [0.2, 0.25) is 0 Å². The van der Waals surface area contributed by atoms with Gasteiger partial charge in [0.15, 0.2) is 0 Å². The Morgan fingerprint density at radius 3 is 2.61 bits per heavy atom. The first-order valence-corrected chi connectivity index (χ1v) is 6.51. The Morgan fingerprint density at radius 2 is 1.94 bits per heavy atom. The quantitative estimate of drug-likeness (QED) is 0.852. The third kappa shape index (κ3) is 2.71. The first-order valence-electron chi connectivity index (χ1n) is 5.28. The molecule has 4 heteroatoms. The van der Waals surface area contributed by atoms with E-state index in [0.717, 1.165) is 16.5 Å². The molecule has 0 unspecified atom stereocenters. The Morgan fingerprint density at radius 1 is 1.17 bits per heavy atom. The van der Waals surface area contributed by atoms with Crippen LogP contribution in [0.3, 0.4) is 0 Å². The molecule has 0 saturated carbocycles. The summed E-state index contributed by atoms with van der Waals surface area (Å²) in [4.78, 5) is 11.9. The van der Waals surface area contributed by atoms with Gasteiger partial charge in [-0.1, -0.05) is 12.1 Å². The van der Waals surface area contributed by atoms with Gasteiger partial charge in [-0.15, -0.1) is 11.8 Å². The highest BCUT2D eigenvalue weighted by Crippen LogP contribution is 2.26. The zero-order valence-electron chi connectivity index (χ0n) is 9.68. The summed E-state index contributed by atoms with van der Waals surface area (Å²) in [5.41, 5.74) is 1.34. The molecule has 0 aliphatic rings. The van der Waals surface area contributed by atoms with Crippen LogP contribution >= 0.6 is 11.8 Å². The van der Waals surface area contributed by atoms with Crippen molar-refractivity contribution in [2.45, 2.75) is 4.90 Å². The average molecular weight is 262 g/mol. The van der Waals surface area contributed by atoms with Gasteiger partial charge in [0.25, 0.3) is 0 Å². The molecule has 1 N–H and O–H groups in total. The predicted octanol–water partition coefficient (Wildman–Crippen LogP) is 3.91. The van der Waals surface area contributed by atoms with Crippen molar-refractivity contribution in [3.05, 3.63) is 53.8 Å². The molecular formula is C14H11FO2S. The monoisotopic (exact) mass is 262 g/mol. The van der Waals surface area contributed by atoms with Crippen LogP contribution in [-0.4, -0.2) is 17.3 Å².